The predicted octanol–water partition coefficient (Wildman–Crippen LogP) is 4.83. The summed E-state index contributed by atoms with van der Waals surface area (Å²) in [5, 5.41) is 10.7. The number of hydrogen-bond donors (Lipinski definition) is 1. The first-order valence-corrected chi connectivity index (χ1v) is 7.09. The molecule has 0 amide bonds. The highest BCUT2D eigenvalue weighted by atomic mass is 79.9. The Balaban J connectivity index is 2.38. The Labute approximate surface area is 129 Å². The van der Waals surface area contributed by atoms with Gasteiger partial charge in [-0.2, -0.15) is 0 Å². The fraction of sp³-hybridized carbons (Fsp3) is 0.200. The van der Waals surface area contributed by atoms with Crippen LogP contribution in [-0.4, -0.2) is 5.11 Å². The molecule has 0 aromatic heterocycles. The van der Waals surface area contributed by atoms with E-state index in [9.17, 15) is 13.9 Å². The average molecular weight is 362 g/mol. The van der Waals surface area contributed by atoms with Gasteiger partial charge in [0.15, 0.2) is 0 Å². The first-order valence-electron chi connectivity index (χ1n) is 5.92. The van der Waals surface area contributed by atoms with Gasteiger partial charge in [-0.05, 0) is 46.6 Å². The molecule has 0 heterocycles. The van der Waals surface area contributed by atoms with Crippen molar-refractivity contribution in [1.29, 1.82) is 0 Å². The molecule has 0 bridgehead atoms. The van der Waals surface area contributed by atoms with Gasteiger partial charge in [0, 0.05) is 17.0 Å². The maximum atomic E-state index is 13.9. The van der Waals surface area contributed by atoms with E-state index in [4.69, 9.17) is 11.6 Å². The number of hydrogen-bond acceptors (Lipinski definition) is 1. The molecule has 0 radical (unpaired) electrons. The summed E-state index contributed by atoms with van der Waals surface area (Å²) in [4.78, 5) is 0. The van der Waals surface area contributed by atoms with Crippen molar-refractivity contribution in [3.63, 3.8) is 0 Å². The largest absolute Gasteiger partial charge is 0.385 e. The predicted molar refractivity (Wildman–Crippen MR) is 78.8 cm³/mol. The summed E-state index contributed by atoms with van der Waals surface area (Å²) >= 11 is 8.77. The smallest absolute Gasteiger partial charge is 0.140 e. The van der Waals surface area contributed by atoms with Gasteiger partial charge in [0.25, 0.3) is 0 Å². The molecule has 2 aromatic carbocycles. The first kappa shape index (κ1) is 15.4. The van der Waals surface area contributed by atoms with Crippen molar-refractivity contribution in [2.24, 2.45) is 0 Å². The Hall–Kier alpha value is -0.970. The zero-order valence-corrected chi connectivity index (χ0v) is 13.0. The molecule has 2 rings (SSSR count). The minimum atomic E-state index is -1.53. The van der Waals surface area contributed by atoms with Crippen molar-refractivity contribution in [2.45, 2.75) is 18.9 Å². The van der Waals surface area contributed by atoms with E-state index in [0.717, 1.165) is 6.07 Å². The van der Waals surface area contributed by atoms with Crippen LogP contribution in [0.25, 0.3) is 0 Å². The molecule has 0 fully saturated rings. The molecule has 5 heteroatoms. The second kappa shape index (κ2) is 5.80. The van der Waals surface area contributed by atoms with Gasteiger partial charge >= 0.3 is 0 Å². The summed E-state index contributed by atoms with van der Waals surface area (Å²) in [7, 11) is 0. The van der Waals surface area contributed by atoms with E-state index >= 15 is 0 Å². The van der Waals surface area contributed by atoms with Crippen molar-refractivity contribution in [3.05, 3.63) is 68.7 Å². The van der Waals surface area contributed by atoms with Gasteiger partial charge < -0.3 is 5.11 Å². The molecule has 0 aliphatic rings. The highest BCUT2D eigenvalue weighted by Gasteiger charge is 2.28. The molecule has 1 N–H and O–H groups in total. The van der Waals surface area contributed by atoms with Crippen LogP contribution in [0.4, 0.5) is 8.78 Å². The zero-order valence-electron chi connectivity index (χ0n) is 10.6. The first-order chi connectivity index (χ1) is 9.31. The van der Waals surface area contributed by atoms with Crippen LogP contribution < -0.4 is 0 Å². The van der Waals surface area contributed by atoms with Crippen LogP contribution >= 0.6 is 27.5 Å². The van der Waals surface area contributed by atoms with Gasteiger partial charge in [-0.15, -0.1) is 0 Å². The van der Waals surface area contributed by atoms with Gasteiger partial charge in [0.05, 0.1) is 10.1 Å². The maximum absolute atomic E-state index is 13.9. The Bertz CT molecular complexity index is 644. The lowest BCUT2D eigenvalue weighted by atomic mass is 9.88. The minimum Gasteiger partial charge on any atom is -0.385 e. The zero-order chi connectivity index (χ0) is 14.9. The third-order valence-electron chi connectivity index (χ3n) is 3.08. The number of rotatable bonds is 3. The van der Waals surface area contributed by atoms with Gasteiger partial charge in [0.1, 0.15) is 11.6 Å². The molecule has 1 unspecified atom stereocenters. The standard InChI is InChI=1S/C15H12BrClF2O/c1-15(20,11-6-5-10(17)7-13(11)18)8-9-3-2-4-12(16)14(9)19/h2-7,20H,8H2,1H3. The summed E-state index contributed by atoms with van der Waals surface area (Å²) in [6.45, 7) is 1.44. The van der Waals surface area contributed by atoms with Crippen LogP contribution in [0, 0.1) is 11.6 Å². The van der Waals surface area contributed by atoms with Crippen LogP contribution in [-0.2, 0) is 12.0 Å². The third kappa shape index (κ3) is 3.19. The van der Waals surface area contributed by atoms with Crippen LogP contribution in [0.2, 0.25) is 5.02 Å². The van der Waals surface area contributed by atoms with Gasteiger partial charge in [0.2, 0.25) is 0 Å². The molecule has 1 atom stereocenters. The second-order valence-electron chi connectivity index (χ2n) is 4.79. The van der Waals surface area contributed by atoms with Crippen LogP contribution in [0.5, 0.6) is 0 Å². The Kier molecular flexibility index (Phi) is 4.47. The van der Waals surface area contributed by atoms with E-state index in [1.165, 1.54) is 19.1 Å². The average Bonchev–Trinajstić information content (AvgIpc) is 2.34. The van der Waals surface area contributed by atoms with Crippen molar-refractivity contribution in [2.75, 3.05) is 0 Å². The lowest BCUT2D eigenvalue weighted by Gasteiger charge is -2.25. The SMILES string of the molecule is CC(O)(Cc1cccc(Br)c1F)c1ccc(Cl)cc1F. The molecule has 20 heavy (non-hydrogen) atoms. The molecule has 0 saturated carbocycles. The molecule has 0 spiro atoms. The van der Waals surface area contributed by atoms with Crippen LogP contribution in [0.1, 0.15) is 18.1 Å². The molecular formula is C15H12BrClF2O. The fourth-order valence-corrected chi connectivity index (χ4v) is 2.64. The molecular weight excluding hydrogens is 350 g/mol. The highest BCUT2D eigenvalue weighted by Crippen LogP contribution is 2.31. The van der Waals surface area contributed by atoms with Crippen LogP contribution in [0.3, 0.4) is 0 Å². The van der Waals surface area contributed by atoms with Crippen molar-refractivity contribution in [1.82, 2.24) is 0 Å². The van der Waals surface area contributed by atoms with Crippen LogP contribution in [0.15, 0.2) is 40.9 Å². The van der Waals surface area contributed by atoms with Gasteiger partial charge in [-0.25, -0.2) is 8.78 Å². The maximum Gasteiger partial charge on any atom is 0.140 e. The molecule has 2 aromatic rings. The Morgan fingerprint density at radius 2 is 1.95 bits per heavy atom. The van der Waals surface area contributed by atoms with Gasteiger partial charge in [-0.3, -0.25) is 0 Å². The molecule has 1 nitrogen and oxygen atoms in total. The van der Waals surface area contributed by atoms with E-state index in [-0.39, 0.29) is 17.0 Å². The topological polar surface area (TPSA) is 20.2 Å². The number of halogens is 4. The van der Waals surface area contributed by atoms with E-state index in [0.29, 0.717) is 10.0 Å². The van der Waals surface area contributed by atoms with E-state index in [2.05, 4.69) is 15.9 Å². The molecule has 106 valence electrons. The van der Waals surface area contributed by atoms with E-state index < -0.39 is 17.2 Å². The highest BCUT2D eigenvalue weighted by molar-refractivity contribution is 9.10. The molecule has 0 saturated heterocycles. The summed E-state index contributed by atoms with van der Waals surface area (Å²) < 4.78 is 28.1. The summed E-state index contributed by atoms with van der Waals surface area (Å²) in [5.41, 5.74) is -1.14. The monoisotopic (exact) mass is 360 g/mol. The van der Waals surface area contributed by atoms with Gasteiger partial charge in [-0.1, -0.05) is 29.8 Å². The Morgan fingerprint density at radius 1 is 1.25 bits per heavy atom. The van der Waals surface area contributed by atoms with Crippen molar-refractivity contribution < 1.29 is 13.9 Å². The minimum absolute atomic E-state index is 0.0448. The Morgan fingerprint density at radius 3 is 2.60 bits per heavy atom. The third-order valence-corrected chi connectivity index (χ3v) is 3.93. The normalized spacial score (nSPS) is 14.1. The second-order valence-corrected chi connectivity index (χ2v) is 6.08. The summed E-state index contributed by atoms with van der Waals surface area (Å²) in [6, 6.07) is 8.82. The molecule has 0 aliphatic carbocycles. The number of benzene rings is 2. The summed E-state index contributed by atoms with van der Waals surface area (Å²) in [6.07, 6.45) is -0.0448. The van der Waals surface area contributed by atoms with E-state index in [1.54, 1.807) is 18.2 Å². The quantitative estimate of drug-likeness (QED) is 0.830. The summed E-state index contributed by atoms with van der Waals surface area (Å²) in [5.74, 6) is -1.07. The lowest BCUT2D eigenvalue weighted by Crippen LogP contribution is -2.26. The number of aliphatic hydroxyl groups is 1. The lowest BCUT2D eigenvalue weighted by molar-refractivity contribution is 0.0529. The van der Waals surface area contributed by atoms with Crippen molar-refractivity contribution in [3.8, 4) is 0 Å². The van der Waals surface area contributed by atoms with Crippen molar-refractivity contribution >= 4 is 27.5 Å². The van der Waals surface area contributed by atoms with E-state index in [1.807, 2.05) is 0 Å². The molecule has 0 aliphatic heterocycles. The fourth-order valence-electron chi connectivity index (χ4n) is 2.08.